The number of aliphatic carboxylic acids is 2. The smallest absolute Gasteiger partial charge is 0.332 e. The average molecular weight is 282 g/mol. The van der Waals surface area contributed by atoms with Gasteiger partial charge in [-0.15, -0.1) is 0 Å². The fraction of sp³-hybridized carbons (Fsp3) is 0.727. The van der Waals surface area contributed by atoms with Gasteiger partial charge in [-0.25, -0.2) is 4.79 Å². The average Bonchev–Trinajstić information content (AvgIpc) is 2.13. The van der Waals surface area contributed by atoms with Gasteiger partial charge in [0, 0.05) is 13.8 Å². The fourth-order valence-corrected chi connectivity index (χ4v) is 0.175. The summed E-state index contributed by atoms with van der Waals surface area (Å²) in [7, 11) is 6.00. The van der Waals surface area contributed by atoms with E-state index in [0.717, 1.165) is 6.92 Å². The molecule has 8 nitrogen and oxygen atoms in total. The van der Waals surface area contributed by atoms with Crippen molar-refractivity contribution in [2.24, 2.45) is 5.73 Å². The molecule has 1 atom stereocenters. The van der Waals surface area contributed by atoms with Crippen LogP contribution in [0.1, 0.15) is 27.2 Å². The van der Waals surface area contributed by atoms with Gasteiger partial charge >= 0.3 is 5.97 Å². The van der Waals surface area contributed by atoms with Crippen molar-refractivity contribution in [3.05, 3.63) is 0 Å². The van der Waals surface area contributed by atoms with Crippen LogP contribution >= 0.6 is 0 Å². The zero-order valence-corrected chi connectivity index (χ0v) is 12.4. The maximum atomic E-state index is 9.68. The molecule has 0 aromatic carbocycles. The van der Waals surface area contributed by atoms with Crippen LogP contribution in [-0.2, 0) is 14.4 Å². The van der Waals surface area contributed by atoms with E-state index in [-0.39, 0.29) is 12.3 Å². The first-order chi connectivity index (χ1) is 8.38. The number of aliphatic hydroxyl groups excluding tert-OH is 1. The van der Waals surface area contributed by atoms with E-state index in [4.69, 9.17) is 20.1 Å². The summed E-state index contributed by atoms with van der Waals surface area (Å²) in [5.74, 6) is -2.32. The minimum atomic E-state index is -1.18. The maximum Gasteiger partial charge on any atom is 0.332 e. The van der Waals surface area contributed by atoms with Crippen LogP contribution in [0.25, 0.3) is 0 Å². The van der Waals surface area contributed by atoms with Crippen LogP contribution in [0.2, 0.25) is 0 Å². The third-order valence-corrected chi connectivity index (χ3v) is 0.672. The number of primary amides is 1. The van der Waals surface area contributed by atoms with E-state index in [1.54, 1.807) is 6.92 Å². The van der Waals surface area contributed by atoms with Crippen molar-refractivity contribution < 1.29 is 29.7 Å². The van der Waals surface area contributed by atoms with E-state index in [1.165, 1.54) is 6.92 Å². The van der Waals surface area contributed by atoms with Crippen molar-refractivity contribution in [2.75, 3.05) is 21.1 Å². The molecule has 0 aliphatic heterocycles. The Morgan fingerprint density at radius 3 is 1.26 bits per heavy atom. The molecule has 0 aliphatic rings. The Bertz CT molecular complexity index is 221. The third kappa shape index (κ3) is 179. The molecule has 19 heavy (non-hydrogen) atoms. The predicted octanol–water partition coefficient (Wildman–Crippen LogP) is -0.398. The number of nitrogens with two attached hydrogens (primary N) is 1. The molecule has 0 heterocycles. The first-order valence-electron chi connectivity index (χ1n) is 5.35. The highest BCUT2D eigenvalue weighted by Gasteiger charge is 2.07. The van der Waals surface area contributed by atoms with Crippen molar-refractivity contribution in [3.8, 4) is 0 Å². The largest absolute Gasteiger partial charge is 0.481 e. The van der Waals surface area contributed by atoms with Gasteiger partial charge in [-0.05, 0) is 27.6 Å². The molecule has 5 N–H and O–H groups in total. The first-order valence-corrected chi connectivity index (χ1v) is 5.35. The number of carboxylic acid groups (broad SMARTS) is 2. The zero-order chi connectivity index (χ0) is 16.6. The lowest BCUT2D eigenvalue weighted by atomic mass is 10.3. The molecule has 0 spiro atoms. The molecule has 0 aliphatic carbocycles. The Hall–Kier alpha value is -1.67. The van der Waals surface area contributed by atoms with Gasteiger partial charge in [-0.1, -0.05) is 6.92 Å². The molecule has 0 radical (unpaired) electrons. The van der Waals surface area contributed by atoms with E-state index in [1.807, 2.05) is 26.0 Å². The number of nitrogens with zero attached hydrogens (tertiary/aromatic N) is 1. The number of aliphatic hydroxyl groups is 1. The summed E-state index contributed by atoms with van der Waals surface area (Å²) < 4.78 is 0. The molecule has 1 amide bonds. The summed E-state index contributed by atoms with van der Waals surface area (Å²) in [5, 5.41) is 23.7. The molecule has 0 aromatic heterocycles. The number of hydrogen-bond donors (Lipinski definition) is 4. The number of carboxylic acids is 2. The lowest BCUT2D eigenvalue weighted by Gasteiger charge is -1.95. The molecule has 0 bridgehead atoms. The SMILES string of the molecule is CC(=O)O.CC(N)=O.CCC(O)C(=O)O.CN(C)C. The standard InChI is InChI=1S/C4H8O3.C3H9N.C2H5NO.C2H4O2/c1-2-3(5)4(6)7;1-4(2)3;2*1-2(3)4/h3,5H,2H2,1H3,(H,6,7);1-3H3;1H3,(H2,3,4);1H3,(H,3,4). The summed E-state index contributed by atoms with van der Waals surface area (Å²) >= 11 is 0. The fourth-order valence-electron chi connectivity index (χ4n) is 0.175. The van der Waals surface area contributed by atoms with Crippen LogP contribution in [0.15, 0.2) is 0 Å². The first kappa shape index (κ1) is 26.0. The predicted molar refractivity (Wildman–Crippen MR) is 71.7 cm³/mol. The lowest BCUT2D eigenvalue weighted by Crippen LogP contribution is -2.17. The van der Waals surface area contributed by atoms with Gasteiger partial charge in [0.1, 0.15) is 0 Å². The van der Waals surface area contributed by atoms with Crippen molar-refractivity contribution in [1.29, 1.82) is 0 Å². The Morgan fingerprint density at radius 2 is 1.26 bits per heavy atom. The van der Waals surface area contributed by atoms with Gasteiger partial charge in [0.05, 0.1) is 0 Å². The Morgan fingerprint density at radius 1 is 1.11 bits per heavy atom. The van der Waals surface area contributed by atoms with Gasteiger partial charge in [0.15, 0.2) is 6.10 Å². The number of hydrogen-bond acceptors (Lipinski definition) is 5. The molecular weight excluding hydrogens is 256 g/mol. The molecule has 8 heteroatoms. The van der Waals surface area contributed by atoms with Crippen LogP contribution in [0.3, 0.4) is 0 Å². The Kier molecular flexibility index (Phi) is 25.6. The summed E-state index contributed by atoms with van der Waals surface area (Å²) in [4.78, 5) is 29.9. The molecule has 0 saturated heterocycles. The van der Waals surface area contributed by atoms with Gasteiger partial charge < -0.3 is 26.0 Å². The number of rotatable bonds is 2. The highest BCUT2D eigenvalue weighted by atomic mass is 16.4. The molecule has 0 saturated carbocycles. The van der Waals surface area contributed by atoms with E-state index in [9.17, 15) is 9.59 Å². The minimum absolute atomic E-state index is 0.273. The molecule has 1 unspecified atom stereocenters. The van der Waals surface area contributed by atoms with Gasteiger partial charge in [0.2, 0.25) is 5.91 Å². The maximum absolute atomic E-state index is 9.68. The Labute approximate surface area is 113 Å². The lowest BCUT2D eigenvalue weighted by molar-refractivity contribution is -0.146. The number of carbonyl (C=O) groups is 3. The third-order valence-electron chi connectivity index (χ3n) is 0.672. The zero-order valence-electron chi connectivity index (χ0n) is 12.4. The normalized spacial score (nSPS) is 9.47. The van der Waals surface area contributed by atoms with Crippen LogP contribution in [0.4, 0.5) is 0 Å². The van der Waals surface area contributed by atoms with Crippen molar-refractivity contribution in [3.63, 3.8) is 0 Å². The summed E-state index contributed by atoms with van der Waals surface area (Å²) in [6.45, 7) is 4.00. The summed E-state index contributed by atoms with van der Waals surface area (Å²) in [5.41, 5.74) is 4.47. The number of amides is 1. The second-order valence-corrected chi connectivity index (χ2v) is 3.73. The second kappa shape index (κ2) is 18.7. The highest BCUT2D eigenvalue weighted by Crippen LogP contribution is 1.86. The van der Waals surface area contributed by atoms with E-state index >= 15 is 0 Å². The van der Waals surface area contributed by atoms with Gasteiger partial charge in [-0.2, -0.15) is 0 Å². The second-order valence-electron chi connectivity index (χ2n) is 3.73. The number of carbonyl (C=O) groups excluding carboxylic acids is 1. The molecule has 116 valence electrons. The van der Waals surface area contributed by atoms with Gasteiger partial charge in [-0.3, -0.25) is 9.59 Å². The van der Waals surface area contributed by atoms with Crippen molar-refractivity contribution >= 4 is 17.8 Å². The van der Waals surface area contributed by atoms with E-state index < -0.39 is 18.0 Å². The summed E-state index contributed by atoms with van der Waals surface area (Å²) in [6, 6.07) is 0. The van der Waals surface area contributed by atoms with E-state index in [0.29, 0.717) is 0 Å². The minimum Gasteiger partial charge on any atom is -0.481 e. The molecule has 0 rings (SSSR count). The quantitative estimate of drug-likeness (QED) is 0.540. The highest BCUT2D eigenvalue weighted by molar-refractivity contribution is 5.71. The van der Waals surface area contributed by atoms with E-state index in [2.05, 4.69) is 5.73 Å². The van der Waals surface area contributed by atoms with Crippen LogP contribution in [0.5, 0.6) is 0 Å². The van der Waals surface area contributed by atoms with Crippen LogP contribution in [-0.4, -0.2) is 65.3 Å². The van der Waals surface area contributed by atoms with Crippen molar-refractivity contribution in [1.82, 2.24) is 4.90 Å². The van der Waals surface area contributed by atoms with Crippen LogP contribution in [0, 0.1) is 0 Å². The van der Waals surface area contributed by atoms with Crippen molar-refractivity contribution in [2.45, 2.75) is 33.3 Å². The molecule has 0 aromatic rings. The molecule has 0 fully saturated rings. The monoisotopic (exact) mass is 282 g/mol. The topological polar surface area (TPSA) is 141 Å². The van der Waals surface area contributed by atoms with Gasteiger partial charge in [0.25, 0.3) is 5.97 Å². The Balaban J connectivity index is -0.0000000825. The summed E-state index contributed by atoms with van der Waals surface area (Å²) in [6.07, 6.45) is -0.907. The van der Waals surface area contributed by atoms with Crippen LogP contribution < -0.4 is 5.73 Å². The molecular formula is C11H26N2O6.